The number of nitrogens with two attached hydrogens (primary N) is 1. The van der Waals surface area contributed by atoms with E-state index < -0.39 is 0 Å². The van der Waals surface area contributed by atoms with Crippen LogP contribution >= 0.6 is 12.4 Å². The van der Waals surface area contributed by atoms with Crippen LogP contribution in [-0.4, -0.2) is 36.5 Å². The minimum Gasteiger partial charge on any atom is -0.378 e. The molecule has 0 unspecified atom stereocenters. The summed E-state index contributed by atoms with van der Waals surface area (Å²) in [6.07, 6.45) is 0. The van der Waals surface area contributed by atoms with Gasteiger partial charge in [-0.05, 0) is 12.1 Å². The molecular formula is C9H15ClN4O. The van der Waals surface area contributed by atoms with Crippen LogP contribution in [-0.2, 0) is 11.3 Å². The van der Waals surface area contributed by atoms with Gasteiger partial charge in [-0.15, -0.1) is 17.5 Å². The Labute approximate surface area is 95.0 Å². The molecule has 1 aliphatic heterocycles. The van der Waals surface area contributed by atoms with Crippen molar-refractivity contribution in [2.24, 2.45) is 5.73 Å². The summed E-state index contributed by atoms with van der Waals surface area (Å²) in [5.41, 5.74) is 6.26. The molecule has 84 valence electrons. The third-order valence-electron chi connectivity index (χ3n) is 2.25. The summed E-state index contributed by atoms with van der Waals surface area (Å²) in [5, 5.41) is 8.13. The monoisotopic (exact) mass is 230 g/mol. The highest BCUT2D eigenvalue weighted by atomic mass is 35.5. The van der Waals surface area contributed by atoms with E-state index >= 15 is 0 Å². The molecule has 0 amide bonds. The molecule has 0 spiro atoms. The lowest BCUT2D eigenvalue weighted by Crippen LogP contribution is -2.36. The van der Waals surface area contributed by atoms with Gasteiger partial charge in [-0.25, -0.2) is 0 Å². The maximum Gasteiger partial charge on any atom is 0.151 e. The highest BCUT2D eigenvalue weighted by Gasteiger charge is 2.12. The summed E-state index contributed by atoms with van der Waals surface area (Å²) < 4.78 is 5.26. The number of morpholine rings is 1. The SMILES string of the molecule is Cl.NCc1ccc(N2CCOCC2)nn1. The average Bonchev–Trinajstić information content (AvgIpc) is 2.30. The lowest BCUT2D eigenvalue weighted by atomic mass is 10.3. The first-order chi connectivity index (χ1) is 6.90. The minimum absolute atomic E-state index is 0. The van der Waals surface area contributed by atoms with Gasteiger partial charge in [0.05, 0.1) is 18.9 Å². The molecule has 1 fully saturated rings. The Morgan fingerprint density at radius 1 is 1.27 bits per heavy atom. The van der Waals surface area contributed by atoms with Crippen molar-refractivity contribution in [2.75, 3.05) is 31.2 Å². The topological polar surface area (TPSA) is 64.3 Å². The Morgan fingerprint density at radius 3 is 2.53 bits per heavy atom. The molecule has 0 radical (unpaired) electrons. The van der Waals surface area contributed by atoms with Gasteiger partial charge in [0, 0.05) is 19.6 Å². The Bertz CT molecular complexity index is 287. The van der Waals surface area contributed by atoms with Crippen molar-refractivity contribution >= 4 is 18.2 Å². The van der Waals surface area contributed by atoms with Crippen LogP contribution in [0.3, 0.4) is 0 Å². The zero-order valence-electron chi connectivity index (χ0n) is 8.43. The van der Waals surface area contributed by atoms with E-state index in [0.717, 1.165) is 37.8 Å². The summed E-state index contributed by atoms with van der Waals surface area (Å²) >= 11 is 0. The highest BCUT2D eigenvalue weighted by Crippen LogP contribution is 2.10. The summed E-state index contributed by atoms with van der Waals surface area (Å²) in [6, 6.07) is 3.87. The third kappa shape index (κ3) is 3.02. The fraction of sp³-hybridized carbons (Fsp3) is 0.556. The van der Waals surface area contributed by atoms with Crippen LogP contribution in [0.4, 0.5) is 5.82 Å². The van der Waals surface area contributed by atoms with Crippen LogP contribution in [0.1, 0.15) is 5.69 Å². The maximum absolute atomic E-state index is 5.44. The van der Waals surface area contributed by atoms with Crippen molar-refractivity contribution in [2.45, 2.75) is 6.54 Å². The van der Waals surface area contributed by atoms with Gasteiger partial charge in [0.25, 0.3) is 0 Å². The van der Waals surface area contributed by atoms with E-state index in [9.17, 15) is 0 Å². The van der Waals surface area contributed by atoms with Gasteiger partial charge in [0.2, 0.25) is 0 Å². The molecule has 2 N–H and O–H groups in total. The minimum atomic E-state index is 0. The Hall–Kier alpha value is -0.910. The molecule has 2 heterocycles. The molecule has 0 aromatic carbocycles. The van der Waals surface area contributed by atoms with Crippen LogP contribution < -0.4 is 10.6 Å². The predicted molar refractivity (Wildman–Crippen MR) is 60.2 cm³/mol. The van der Waals surface area contributed by atoms with Crippen molar-refractivity contribution in [3.8, 4) is 0 Å². The van der Waals surface area contributed by atoms with Gasteiger partial charge in [-0.1, -0.05) is 0 Å². The number of rotatable bonds is 2. The number of hydrogen-bond acceptors (Lipinski definition) is 5. The molecule has 0 bridgehead atoms. The molecule has 1 aromatic heterocycles. The van der Waals surface area contributed by atoms with Crippen LogP contribution in [0.2, 0.25) is 0 Å². The van der Waals surface area contributed by atoms with Gasteiger partial charge in [-0.3, -0.25) is 0 Å². The summed E-state index contributed by atoms with van der Waals surface area (Å²) in [6.45, 7) is 3.74. The van der Waals surface area contributed by atoms with Crippen molar-refractivity contribution < 1.29 is 4.74 Å². The number of anilines is 1. The van der Waals surface area contributed by atoms with Crippen molar-refractivity contribution in [1.29, 1.82) is 0 Å². The predicted octanol–water partition coefficient (Wildman–Crippen LogP) is 0.194. The molecule has 2 rings (SSSR count). The summed E-state index contributed by atoms with van der Waals surface area (Å²) in [7, 11) is 0. The first-order valence-electron chi connectivity index (χ1n) is 4.75. The zero-order valence-corrected chi connectivity index (χ0v) is 9.24. The van der Waals surface area contributed by atoms with E-state index in [4.69, 9.17) is 10.5 Å². The first-order valence-corrected chi connectivity index (χ1v) is 4.75. The second-order valence-electron chi connectivity index (χ2n) is 3.19. The van der Waals surface area contributed by atoms with E-state index in [1.807, 2.05) is 12.1 Å². The first kappa shape index (κ1) is 12.2. The fourth-order valence-corrected chi connectivity index (χ4v) is 1.42. The molecule has 1 aliphatic rings. The standard InChI is InChI=1S/C9H14N4O.ClH/c10-7-8-1-2-9(12-11-8)13-3-5-14-6-4-13;/h1-2H,3-7,10H2;1H. The van der Waals surface area contributed by atoms with Crippen LogP contribution in [0.5, 0.6) is 0 Å². The normalized spacial score (nSPS) is 15.9. The Kier molecular flexibility index (Phi) is 4.74. The second kappa shape index (κ2) is 5.85. The molecule has 1 aromatic rings. The van der Waals surface area contributed by atoms with Gasteiger partial charge in [0.15, 0.2) is 5.82 Å². The van der Waals surface area contributed by atoms with E-state index in [1.165, 1.54) is 0 Å². The number of ether oxygens (including phenoxy) is 1. The maximum atomic E-state index is 5.44. The van der Waals surface area contributed by atoms with E-state index in [-0.39, 0.29) is 12.4 Å². The number of hydrogen-bond donors (Lipinski definition) is 1. The molecule has 0 aliphatic carbocycles. The lowest BCUT2D eigenvalue weighted by molar-refractivity contribution is 0.122. The largest absolute Gasteiger partial charge is 0.378 e. The number of halogens is 1. The third-order valence-corrected chi connectivity index (χ3v) is 2.25. The molecular weight excluding hydrogens is 216 g/mol. The van der Waals surface area contributed by atoms with E-state index in [2.05, 4.69) is 15.1 Å². The van der Waals surface area contributed by atoms with E-state index in [0.29, 0.717) is 6.54 Å². The second-order valence-corrected chi connectivity index (χ2v) is 3.19. The van der Waals surface area contributed by atoms with Crippen molar-refractivity contribution in [3.05, 3.63) is 17.8 Å². The van der Waals surface area contributed by atoms with Crippen molar-refractivity contribution in [3.63, 3.8) is 0 Å². The molecule has 15 heavy (non-hydrogen) atoms. The number of nitrogens with zero attached hydrogens (tertiary/aromatic N) is 3. The lowest BCUT2D eigenvalue weighted by Gasteiger charge is -2.27. The quantitative estimate of drug-likeness (QED) is 0.786. The fourth-order valence-electron chi connectivity index (χ4n) is 1.42. The zero-order chi connectivity index (χ0) is 9.80. The van der Waals surface area contributed by atoms with E-state index in [1.54, 1.807) is 0 Å². The number of aromatic nitrogens is 2. The summed E-state index contributed by atoms with van der Waals surface area (Å²) in [4.78, 5) is 2.16. The Balaban J connectivity index is 0.00000112. The highest BCUT2D eigenvalue weighted by molar-refractivity contribution is 5.85. The summed E-state index contributed by atoms with van der Waals surface area (Å²) in [5.74, 6) is 0.908. The van der Waals surface area contributed by atoms with Crippen LogP contribution in [0, 0.1) is 0 Å². The smallest absolute Gasteiger partial charge is 0.151 e. The van der Waals surface area contributed by atoms with Gasteiger partial charge in [-0.2, -0.15) is 5.10 Å². The molecule has 0 saturated carbocycles. The van der Waals surface area contributed by atoms with Crippen molar-refractivity contribution in [1.82, 2.24) is 10.2 Å². The van der Waals surface area contributed by atoms with Gasteiger partial charge in [0.1, 0.15) is 0 Å². The molecule has 6 heteroatoms. The molecule has 0 atom stereocenters. The van der Waals surface area contributed by atoms with Gasteiger partial charge >= 0.3 is 0 Å². The van der Waals surface area contributed by atoms with Gasteiger partial charge < -0.3 is 15.4 Å². The average molecular weight is 231 g/mol. The molecule has 1 saturated heterocycles. The van der Waals surface area contributed by atoms with Crippen LogP contribution in [0.25, 0.3) is 0 Å². The van der Waals surface area contributed by atoms with Crippen LogP contribution in [0.15, 0.2) is 12.1 Å². The Morgan fingerprint density at radius 2 is 2.00 bits per heavy atom. The molecule has 5 nitrogen and oxygen atoms in total.